The van der Waals surface area contributed by atoms with Gasteiger partial charge in [0.2, 0.25) is 10.0 Å². The number of hydrogen-bond donors (Lipinski definition) is 2. The maximum atomic E-state index is 12.5. The Morgan fingerprint density at radius 1 is 1.37 bits per heavy atom. The molecule has 0 spiro atoms. The number of aryl methyl sites for hydroxylation is 1. The number of hydrogen-bond acceptors (Lipinski definition) is 4. The maximum absolute atomic E-state index is 12.5. The van der Waals surface area contributed by atoms with Gasteiger partial charge in [0.05, 0.1) is 0 Å². The lowest BCUT2D eigenvalue weighted by Crippen LogP contribution is -2.33. The van der Waals surface area contributed by atoms with Gasteiger partial charge in [-0.3, -0.25) is 0 Å². The Morgan fingerprint density at radius 2 is 2.05 bits per heavy atom. The summed E-state index contributed by atoms with van der Waals surface area (Å²) >= 11 is 1.50. The molecule has 0 aliphatic rings. The van der Waals surface area contributed by atoms with Gasteiger partial charge in [0.25, 0.3) is 0 Å². The first-order valence-corrected chi connectivity index (χ1v) is 9.08. The second-order valence-electron chi connectivity index (χ2n) is 4.76. The van der Waals surface area contributed by atoms with E-state index in [1.54, 1.807) is 0 Å². The van der Waals surface area contributed by atoms with Gasteiger partial charge in [0, 0.05) is 17.5 Å². The predicted molar refractivity (Wildman–Crippen MR) is 81.1 cm³/mol. The van der Waals surface area contributed by atoms with Crippen LogP contribution in [0.4, 0.5) is 0 Å². The fourth-order valence-corrected chi connectivity index (χ4v) is 5.08. The van der Waals surface area contributed by atoms with Crippen LogP contribution >= 0.6 is 11.3 Å². The molecule has 0 aromatic carbocycles. The third-order valence-corrected chi connectivity index (χ3v) is 5.92. The molecule has 6 heteroatoms. The average molecular weight is 304 g/mol. The Morgan fingerprint density at radius 3 is 2.63 bits per heavy atom. The highest BCUT2D eigenvalue weighted by Gasteiger charge is 2.24. The highest BCUT2D eigenvalue weighted by molar-refractivity contribution is 7.89. The van der Waals surface area contributed by atoms with Gasteiger partial charge in [-0.25, -0.2) is 13.1 Å². The lowest BCUT2D eigenvalue weighted by Gasteiger charge is -2.14. The molecule has 1 aromatic heterocycles. The van der Waals surface area contributed by atoms with Gasteiger partial charge in [0.1, 0.15) is 4.90 Å². The molecule has 0 saturated carbocycles. The van der Waals surface area contributed by atoms with Crippen molar-refractivity contribution in [2.75, 3.05) is 6.54 Å². The fourth-order valence-electron chi connectivity index (χ4n) is 2.02. The predicted octanol–water partition coefficient (Wildman–Crippen LogP) is 2.63. The zero-order valence-corrected chi connectivity index (χ0v) is 13.7. The maximum Gasteiger partial charge on any atom is 0.242 e. The summed E-state index contributed by atoms with van der Waals surface area (Å²) in [6, 6.07) is -0.0266. The molecule has 0 aliphatic heterocycles. The molecule has 1 unspecified atom stereocenters. The summed E-state index contributed by atoms with van der Waals surface area (Å²) in [5, 5.41) is 5.10. The molecule has 110 valence electrons. The minimum atomic E-state index is -3.41. The summed E-state index contributed by atoms with van der Waals surface area (Å²) in [6.07, 6.45) is 1.82. The first-order valence-electron chi connectivity index (χ1n) is 6.72. The van der Waals surface area contributed by atoms with Crippen LogP contribution in [0, 0.1) is 6.92 Å². The molecule has 1 rings (SSSR count). The standard InChI is InChI=1S/C13H24N2O2S2/c1-5-7-11(4)15-19(16,17)13-10(3)9-18-12(13)8-14-6-2/h9,11,14-15H,5-8H2,1-4H3. The van der Waals surface area contributed by atoms with Crippen LogP contribution in [-0.4, -0.2) is 21.0 Å². The smallest absolute Gasteiger partial charge is 0.242 e. The fraction of sp³-hybridized carbons (Fsp3) is 0.692. The summed E-state index contributed by atoms with van der Waals surface area (Å²) < 4.78 is 27.7. The molecule has 1 heterocycles. The van der Waals surface area contributed by atoms with E-state index in [0.717, 1.165) is 29.8 Å². The molecule has 1 aromatic rings. The summed E-state index contributed by atoms with van der Waals surface area (Å²) in [6.45, 7) is 9.26. The highest BCUT2D eigenvalue weighted by Crippen LogP contribution is 2.27. The van der Waals surface area contributed by atoms with Crippen molar-refractivity contribution in [1.82, 2.24) is 10.0 Å². The van der Waals surface area contributed by atoms with Crippen LogP contribution in [0.1, 0.15) is 44.1 Å². The normalized spacial score (nSPS) is 13.7. The van der Waals surface area contributed by atoms with Crippen molar-refractivity contribution in [3.63, 3.8) is 0 Å². The van der Waals surface area contributed by atoms with E-state index in [1.165, 1.54) is 11.3 Å². The van der Waals surface area contributed by atoms with Crippen molar-refractivity contribution >= 4 is 21.4 Å². The molecular formula is C13H24N2O2S2. The minimum Gasteiger partial charge on any atom is -0.312 e. The van der Waals surface area contributed by atoms with Gasteiger partial charge in [-0.2, -0.15) is 0 Å². The van der Waals surface area contributed by atoms with Crippen molar-refractivity contribution in [3.8, 4) is 0 Å². The van der Waals surface area contributed by atoms with Crippen LogP contribution < -0.4 is 10.0 Å². The van der Waals surface area contributed by atoms with Crippen LogP contribution in [0.15, 0.2) is 10.3 Å². The summed E-state index contributed by atoms with van der Waals surface area (Å²) in [4.78, 5) is 1.34. The molecule has 0 amide bonds. The van der Waals surface area contributed by atoms with Gasteiger partial charge < -0.3 is 5.32 Å². The van der Waals surface area contributed by atoms with E-state index in [2.05, 4.69) is 17.0 Å². The van der Waals surface area contributed by atoms with Crippen LogP contribution in [-0.2, 0) is 16.6 Å². The van der Waals surface area contributed by atoms with Crippen LogP contribution in [0.5, 0.6) is 0 Å². The summed E-state index contributed by atoms with van der Waals surface area (Å²) in [5.74, 6) is 0. The van der Waals surface area contributed by atoms with E-state index in [0.29, 0.717) is 11.4 Å². The van der Waals surface area contributed by atoms with Gasteiger partial charge >= 0.3 is 0 Å². The lowest BCUT2D eigenvalue weighted by atomic mass is 10.2. The summed E-state index contributed by atoms with van der Waals surface area (Å²) in [7, 11) is -3.41. The van der Waals surface area contributed by atoms with E-state index in [9.17, 15) is 8.42 Å². The molecular weight excluding hydrogens is 280 g/mol. The Hall–Kier alpha value is -0.430. The van der Waals surface area contributed by atoms with Crippen molar-refractivity contribution in [1.29, 1.82) is 0 Å². The van der Waals surface area contributed by atoms with Gasteiger partial charge in [0.15, 0.2) is 0 Å². The number of rotatable bonds is 8. The van der Waals surface area contributed by atoms with Gasteiger partial charge in [-0.15, -0.1) is 11.3 Å². The van der Waals surface area contributed by atoms with Crippen molar-refractivity contribution < 1.29 is 8.42 Å². The van der Waals surface area contributed by atoms with E-state index in [-0.39, 0.29) is 6.04 Å². The molecule has 0 fully saturated rings. The minimum absolute atomic E-state index is 0.0266. The van der Waals surface area contributed by atoms with Crippen molar-refractivity contribution in [2.24, 2.45) is 0 Å². The Labute approximate surface area is 120 Å². The third-order valence-electron chi connectivity index (χ3n) is 2.87. The quantitative estimate of drug-likeness (QED) is 0.776. The number of thiophene rings is 1. The van der Waals surface area contributed by atoms with E-state index < -0.39 is 10.0 Å². The molecule has 19 heavy (non-hydrogen) atoms. The van der Waals surface area contributed by atoms with Crippen LogP contribution in [0.3, 0.4) is 0 Å². The summed E-state index contributed by atoms with van der Waals surface area (Å²) in [5.41, 5.74) is 0.828. The van der Waals surface area contributed by atoms with Crippen LogP contribution in [0.25, 0.3) is 0 Å². The number of sulfonamides is 1. The second-order valence-corrected chi connectivity index (χ2v) is 7.38. The molecule has 0 saturated heterocycles. The molecule has 1 atom stereocenters. The van der Waals surface area contributed by atoms with Crippen molar-refractivity contribution in [2.45, 2.75) is 58.0 Å². The first-order chi connectivity index (χ1) is 8.92. The third kappa shape index (κ3) is 4.56. The zero-order chi connectivity index (χ0) is 14.5. The molecule has 0 bridgehead atoms. The average Bonchev–Trinajstić information content (AvgIpc) is 2.68. The molecule has 2 N–H and O–H groups in total. The van der Waals surface area contributed by atoms with Gasteiger partial charge in [-0.1, -0.05) is 20.3 Å². The van der Waals surface area contributed by atoms with E-state index >= 15 is 0 Å². The Kier molecular flexibility index (Phi) is 6.46. The topological polar surface area (TPSA) is 58.2 Å². The SMILES string of the molecule is CCCC(C)NS(=O)(=O)c1c(C)csc1CNCC. The van der Waals surface area contributed by atoms with E-state index in [1.807, 2.05) is 26.2 Å². The monoisotopic (exact) mass is 304 g/mol. The van der Waals surface area contributed by atoms with Gasteiger partial charge in [-0.05, 0) is 37.8 Å². The number of nitrogens with one attached hydrogen (secondary N) is 2. The molecule has 4 nitrogen and oxygen atoms in total. The Bertz CT molecular complexity index is 495. The highest BCUT2D eigenvalue weighted by atomic mass is 32.2. The zero-order valence-electron chi connectivity index (χ0n) is 12.1. The first kappa shape index (κ1) is 16.6. The Balaban J connectivity index is 2.96. The van der Waals surface area contributed by atoms with E-state index in [4.69, 9.17) is 0 Å². The molecule has 0 radical (unpaired) electrons. The molecule has 0 aliphatic carbocycles. The van der Waals surface area contributed by atoms with Crippen molar-refractivity contribution in [3.05, 3.63) is 15.8 Å². The lowest BCUT2D eigenvalue weighted by molar-refractivity contribution is 0.542. The second kappa shape index (κ2) is 7.38. The largest absolute Gasteiger partial charge is 0.312 e. The van der Waals surface area contributed by atoms with Crippen LogP contribution in [0.2, 0.25) is 0 Å².